The van der Waals surface area contributed by atoms with Gasteiger partial charge in [-0.2, -0.15) is 5.26 Å². The SMILES string of the molecule is Cc1c(COc2cc(OCc3cncc(C#N)c3)c(CNC(CO)(CO)CO)cc2Cl)cccc1-c1cccc(OCCCN2CCCC(CO)C2)c1C. The predicted octanol–water partition coefficient (Wildman–Crippen LogP) is 5.33. The molecule has 1 aromatic heterocycles. The average molecular weight is 759 g/mol. The Hall–Kier alpha value is -4.25. The van der Waals surface area contributed by atoms with Gasteiger partial charge in [0.25, 0.3) is 0 Å². The Morgan fingerprint density at radius 1 is 0.889 bits per heavy atom. The number of nitriles is 1. The van der Waals surface area contributed by atoms with Crippen LogP contribution in [0.3, 0.4) is 0 Å². The normalized spacial score (nSPS) is 14.8. The number of ether oxygens (including phenoxy) is 3. The lowest BCUT2D eigenvalue weighted by molar-refractivity contribution is 0.0412. The van der Waals surface area contributed by atoms with Crippen molar-refractivity contribution in [2.75, 3.05) is 52.7 Å². The van der Waals surface area contributed by atoms with Gasteiger partial charge >= 0.3 is 0 Å². The first-order chi connectivity index (χ1) is 26.2. The van der Waals surface area contributed by atoms with Crippen LogP contribution in [-0.2, 0) is 19.8 Å². The molecule has 1 fully saturated rings. The van der Waals surface area contributed by atoms with Crippen molar-refractivity contribution < 1.29 is 34.6 Å². The molecule has 5 rings (SSSR count). The zero-order chi connectivity index (χ0) is 38.5. The van der Waals surface area contributed by atoms with Gasteiger partial charge in [0, 0.05) is 55.8 Å². The zero-order valence-electron chi connectivity index (χ0n) is 31.1. The third-order valence-electron chi connectivity index (χ3n) is 10.1. The van der Waals surface area contributed by atoms with E-state index in [4.69, 9.17) is 25.8 Å². The highest BCUT2D eigenvalue weighted by Crippen LogP contribution is 2.36. The molecule has 0 spiro atoms. The quantitative estimate of drug-likeness (QED) is 0.0787. The first-order valence-corrected chi connectivity index (χ1v) is 18.7. The number of nitrogens with one attached hydrogen (secondary N) is 1. The maximum absolute atomic E-state index is 9.84. The van der Waals surface area contributed by atoms with Gasteiger partial charge in [0.05, 0.1) is 42.6 Å². The molecular weight excluding hydrogens is 708 g/mol. The van der Waals surface area contributed by atoms with Gasteiger partial charge < -0.3 is 44.9 Å². The Bertz CT molecular complexity index is 1870. The summed E-state index contributed by atoms with van der Waals surface area (Å²) >= 11 is 6.76. The number of halogens is 1. The molecule has 12 heteroatoms. The number of hydrogen-bond donors (Lipinski definition) is 5. The fourth-order valence-electron chi connectivity index (χ4n) is 6.67. The molecule has 54 heavy (non-hydrogen) atoms. The molecule has 3 aromatic carbocycles. The van der Waals surface area contributed by atoms with E-state index in [0.29, 0.717) is 45.7 Å². The number of aromatic nitrogens is 1. The number of pyridine rings is 1. The number of aliphatic hydroxyl groups excluding tert-OH is 4. The Kier molecular flexibility index (Phi) is 15.1. The van der Waals surface area contributed by atoms with Crippen molar-refractivity contribution in [3.8, 4) is 34.4 Å². The summed E-state index contributed by atoms with van der Waals surface area (Å²) in [4.78, 5) is 6.54. The fourth-order valence-corrected chi connectivity index (χ4v) is 6.91. The van der Waals surface area contributed by atoms with E-state index < -0.39 is 25.4 Å². The Balaban J connectivity index is 1.30. The molecule has 0 saturated carbocycles. The van der Waals surface area contributed by atoms with Gasteiger partial charge in [-0.3, -0.25) is 4.98 Å². The van der Waals surface area contributed by atoms with E-state index in [1.807, 2.05) is 24.3 Å². The van der Waals surface area contributed by atoms with Crippen LogP contribution in [0.1, 0.15) is 52.6 Å². The van der Waals surface area contributed by atoms with E-state index in [1.54, 1.807) is 24.4 Å². The van der Waals surface area contributed by atoms with Gasteiger partial charge in [0.1, 0.15) is 36.5 Å². The number of piperidine rings is 1. The number of rotatable bonds is 19. The van der Waals surface area contributed by atoms with Crippen LogP contribution in [0.25, 0.3) is 11.1 Å². The summed E-state index contributed by atoms with van der Waals surface area (Å²) < 4.78 is 18.8. The lowest BCUT2D eigenvalue weighted by Gasteiger charge is -2.31. The van der Waals surface area contributed by atoms with Crippen LogP contribution < -0.4 is 19.5 Å². The average Bonchev–Trinajstić information content (AvgIpc) is 3.20. The minimum absolute atomic E-state index is 0.106. The van der Waals surface area contributed by atoms with Crippen LogP contribution in [0.15, 0.2) is 67.0 Å². The summed E-state index contributed by atoms with van der Waals surface area (Å²) in [5.41, 5.74) is 5.65. The van der Waals surface area contributed by atoms with Crippen molar-refractivity contribution in [2.24, 2.45) is 5.92 Å². The second-order valence-corrected chi connectivity index (χ2v) is 14.4. The molecule has 1 aliphatic heterocycles. The van der Waals surface area contributed by atoms with Crippen molar-refractivity contribution in [2.45, 2.75) is 58.4 Å². The summed E-state index contributed by atoms with van der Waals surface area (Å²) in [5.74, 6) is 2.06. The number of aliphatic hydroxyl groups is 4. The summed E-state index contributed by atoms with van der Waals surface area (Å²) in [7, 11) is 0. The molecule has 0 bridgehead atoms. The van der Waals surface area contributed by atoms with E-state index in [0.717, 1.165) is 72.5 Å². The minimum Gasteiger partial charge on any atom is -0.493 e. The lowest BCUT2D eigenvalue weighted by Crippen LogP contribution is -2.54. The Labute approximate surface area is 322 Å². The minimum atomic E-state index is -1.31. The molecule has 1 unspecified atom stereocenters. The first-order valence-electron chi connectivity index (χ1n) is 18.4. The zero-order valence-corrected chi connectivity index (χ0v) is 31.8. The van der Waals surface area contributed by atoms with E-state index in [2.05, 4.69) is 47.3 Å². The molecule has 1 saturated heterocycles. The van der Waals surface area contributed by atoms with E-state index in [9.17, 15) is 25.7 Å². The van der Waals surface area contributed by atoms with Gasteiger partial charge in [-0.1, -0.05) is 41.9 Å². The van der Waals surface area contributed by atoms with Crippen LogP contribution >= 0.6 is 11.6 Å². The van der Waals surface area contributed by atoms with Crippen molar-refractivity contribution in [3.63, 3.8) is 0 Å². The molecule has 4 aromatic rings. The van der Waals surface area contributed by atoms with Gasteiger partial charge in [-0.05, 0) is 91.6 Å². The summed E-state index contributed by atoms with van der Waals surface area (Å²) in [6.45, 7) is 7.01. The fraction of sp³-hybridized carbons (Fsp3) is 0.429. The molecule has 11 nitrogen and oxygen atoms in total. The number of hydrogen-bond acceptors (Lipinski definition) is 11. The molecule has 5 N–H and O–H groups in total. The Morgan fingerprint density at radius 3 is 2.37 bits per heavy atom. The topological polar surface area (TPSA) is 161 Å². The standard InChI is InChI=1S/C42H51ClN4O7/c1-29-34(8-3-9-36(29)37-10-4-11-39(30(37)2)52-14-6-13-47-12-5-7-31(22-47)23-48)25-54-41-17-40(53-24-33-15-32(18-44)19-45-20-33)35(16-38(41)43)21-46-42(26-49,27-50)28-51/h3-4,8-11,15-17,19-20,31,46,48-51H,5-7,12-14,21-28H2,1-2H3. The molecule has 2 heterocycles. The molecule has 288 valence electrons. The molecule has 0 amide bonds. The van der Waals surface area contributed by atoms with Crippen LogP contribution in [0, 0.1) is 31.1 Å². The van der Waals surface area contributed by atoms with E-state index >= 15 is 0 Å². The van der Waals surface area contributed by atoms with Crippen LogP contribution in [0.4, 0.5) is 0 Å². The summed E-state index contributed by atoms with van der Waals surface area (Å²) in [6, 6.07) is 19.4. The van der Waals surface area contributed by atoms with Crippen molar-refractivity contribution in [1.82, 2.24) is 15.2 Å². The highest BCUT2D eigenvalue weighted by molar-refractivity contribution is 6.32. The van der Waals surface area contributed by atoms with E-state index in [-0.39, 0.29) is 26.4 Å². The third kappa shape index (κ3) is 10.5. The van der Waals surface area contributed by atoms with Crippen molar-refractivity contribution in [1.29, 1.82) is 5.26 Å². The third-order valence-corrected chi connectivity index (χ3v) is 10.4. The maximum atomic E-state index is 9.84. The smallest absolute Gasteiger partial charge is 0.142 e. The number of nitrogens with zero attached hydrogens (tertiary/aromatic N) is 3. The van der Waals surface area contributed by atoms with E-state index in [1.165, 1.54) is 6.20 Å². The van der Waals surface area contributed by atoms with Gasteiger partial charge in [-0.25, -0.2) is 0 Å². The second kappa shape index (κ2) is 19.9. The molecule has 1 atom stereocenters. The number of benzene rings is 3. The predicted molar refractivity (Wildman–Crippen MR) is 208 cm³/mol. The van der Waals surface area contributed by atoms with Crippen LogP contribution in [0.5, 0.6) is 17.2 Å². The van der Waals surface area contributed by atoms with Crippen molar-refractivity contribution >= 4 is 11.6 Å². The Morgan fingerprint density at radius 2 is 1.63 bits per heavy atom. The maximum Gasteiger partial charge on any atom is 0.142 e. The molecule has 0 aliphatic carbocycles. The first kappa shape index (κ1) is 40.9. The lowest BCUT2D eigenvalue weighted by atomic mass is 9.93. The largest absolute Gasteiger partial charge is 0.493 e. The molecule has 0 radical (unpaired) electrons. The number of likely N-dealkylation sites (tertiary alicyclic amines) is 1. The summed E-state index contributed by atoms with van der Waals surface area (Å²) in [6.07, 6.45) is 6.24. The van der Waals surface area contributed by atoms with Crippen LogP contribution in [0.2, 0.25) is 5.02 Å². The molecule has 1 aliphatic rings. The van der Waals surface area contributed by atoms with Gasteiger partial charge in [0.2, 0.25) is 0 Å². The summed E-state index contributed by atoms with van der Waals surface area (Å²) in [5, 5.41) is 51.7. The van der Waals surface area contributed by atoms with Gasteiger partial charge in [0.15, 0.2) is 0 Å². The monoisotopic (exact) mass is 758 g/mol. The molecular formula is C42H51ClN4O7. The highest BCUT2D eigenvalue weighted by atomic mass is 35.5. The van der Waals surface area contributed by atoms with Crippen molar-refractivity contribution in [3.05, 3.63) is 105 Å². The highest BCUT2D eigenvalue weighted by Gasteiger charge is 2.28. The second-order valence-electron chi connectivity index (χ2n) is 14.0. The van der Waals surface area contributed by atoms with Gasteiger partial charge in [-0.15, -0.1) is 0 Å². The van der Waals surface area contributed by atoms with Crippen LogP contribution in [-0.4, -0.2) is 88.5 Å².